The minimum Gasteiger partial charge on any atom is -0.349 e. The number of hydrogen-bond donors (Lipinski definition) is 1. The number of benzene rings is 1. The molecule has 0 saturated heterocycles. The van der Waals surface area contributed by atoms with E-state index >= 15 is 0 Å². The molecule has 0 radical (unpaired) electrons. The summed E-state index contributed by atoms with van der Waals surface area (Å²) in [6, 6.07) is 6.64. The summed E-state index contributed by atoms with van der Waals surface area (Å²) < 4.78 is 28.2. The van der Waals surface area contributed by atoms with Crippen molar-refractivity contribution in [1.82, 2.24) is 10.3 Å². The molecule has 3 aliphatic rings. The Balaban J connectivity index is 1.46. The van der Waals surface area contributed by atoms with Gasteiger partial charge in [-0.3, -0.25) is 4.79 Å². The van der Waals surface area contributed by atoms with Gasteiger partial charge in [-0.15, -0.1) is 4.40 Å². The number of fused-ring (bicyclic) bond motifs is 3. The summed E-state index contributed by atoms with van der Waals surface area (Å²) in [5.41, 5.74) is 4.49. The zero-order valence-corrected chi connectivity index (χ0v) is 17.5. The molecule has 8 heteroatoms. The van der Waals surface area contributed by atoms with E-state index in [0.717, 1.165) is 18.6 Å². The third-order valence-electron chi connectivity index (χ3n) is 7.18. The number of likely N-dealkylation sites (N-methyl/N-ethyl adjacent to an activating group) is 1. The predicted octanol–water partition coefficient (Wildman–Crippen LogP) is 2.39. The van der Waals surface area contributed by atoms with E-state index in [1.54, 1.807) is 30.1 Å². The Morgan fingerprint density at radius 2 is 2.04 bits per heavy atom. The first-order valence-corrected chi connectivity index (χ1v) is 11.0. The summed E-state index contributed by atoms with van der Waals surface area (Å²) >= 11 is 0. The summed E-state index contributed by atoms with van der Waals surface area (Å²) in [6.45, 7) is 6.80. The third kappa shape index (κ3) is 2.69. The van der Waals surface area contributed by atoms with Crippen LogP contribution in [0.3, 0.4) is 0 Å². The maximum Gasteiger partial charge on any atom is 0.285 e. The fraction of sp³-hybridized carbons (Fsp3) is 0.550. The van der Waals surface area contributed by atoms with Crippen LogP contribution in [0.4, 0.5) is 0 Å². The molecule has 28 heavy (non-hydrogen) atoms. The van der Waals surface area contributed by atoms with Gasteiger partial charge in [0.15, 0.2) is 5.84 Å². The van der Waals surface area contributed by atoms with Crippen LogP contribution in [0.25, 0.3) is 0 Å². The number of nitrogens with zero attached hydrogens (tertiary/aromatic N) is 3. The van der Waals surface area contributed by atoms with Gasteiger partial charge in [0, 0.05) is 23.7 Å². The second kappa shape index (κ2) is 6.14. The Hall–Kier alpha value is -2.22. The van der Waals surface area contributed by atoms with Gasteiger partial charge in [-0.25, -0.2) is 5.43 Å². The number of carbonyl (C=O) groups excluding carboxylic acids is 1. The topological polar surface area (TPSA) is 91.2 Å². The summed E-state index contributed by atoms with van der Waals surface area (Å²) in [7, 11) is -2.04. The summed E-state index contributed by atoms with van der Waals surface area (Å²) in [4.78, 5) is 14.2. The van der Waals surface area contributed by atoms with Crippen molar-refractivity contribution < 1.29 is 13.2 Å². The van der Waals surface area contributed by atoms with Crippen LogP contribution in [0.15, 0.2) is 38.7 Å². The zero-order chi connectivity index (χ0) is 20.3. The first kappa shape index (κ1) is 19.1. The molecule has 0 spiro atoms. The normalized spacial score (nSPS) is 30.2. The van der Waals surface area contributed by atoms with Gasteiger partial charge in [0.05, 0.1) is 6.54 Å². The Bertz CT molecular complexity index is 1010. The lowest BCUT2D eigenvalue weighted by molar-refractivity contribution is -0.121. The van der Waals surface area contributed by atoms with Crippen LogP contribution in [-0.4, -0.2) is 44.4 Å². The second-order valence-corrected chi connectivity index (χ2v) is 10.4. The first-order chi connectivity index (χ1) is 13.1. The van der Waals surface area contributed by atoms with Crippen molar-refractivity contribution in [3.63, 3.8) is 0 Å². The zero-order valence-electron chi connectivity index (χ0n) is 16.7. The molecule has 1 aromatic rings. The van der Waals surface area contributed by atoms with Gasteiger partial charge >= 0.3 is 0 Å². The molecule has 1 aliphatic heterocycles. The summed E-state index contributed by atoms with van der Waals surface area (Å²) in [5, 5.41) is 4.46. The van der Waals surface area contributed by atoms with E-state index in [9.17, 15) is 13.2 Å². The molecular weight excluding hydrogens is 376 g/mol. The number of rotatable bonds is 3. The predicted molar refractivity (Wildman–Crippen MR) is 108 cm³/mol. The van der Waals surface area contributed by atoms with Gasteiger partial charge in [0.1, 0.15) is 4.90 Å². The first-order valence-electron chi connectivity index (χ1n) is 9.58. The van der Waals surface area contributed by atoms with Crippen LogP contribution in [0.1, 0.15) is 45.6 Å². The van der Waals surface area contributed by atoms with Crippen LogP contribution in [-0.2, 0) is 14.8 Å². The standard InChI is InChI=1S/C20H26N4O3S/c1-19(2)13-9-10-20(19,3)16(11-13)21-22-17(25)12-24(4)18-14-7-5-6-8-15(14)28(26,27)23-18/h5-8,13H,9-12H2,1-4H3,(H,22,25)/b21-16-/t13-,20-/m0/s1. The molecule has 1 amide bonds. The number of carbonyl (C=O) groups is 1. The SMILES string of the molecule is CN(CC(=O)N/N=C1/C[C@@H]2CC[C@]1(C)C2(C)C)C1=NS(=O)(=O)c2ccccc21. The summed E-state index contributed by atoms with van der Waals surface area (Å²) in [5.74, 6) is 0.612. The lowest BCUT2D eigenvalue weighted by Crippen LogP contribution is -2.38. The maximum atomic E-state index is 12.4. The highest BCUT2D eigenvalue weighted by atomic mass is 32.2. The molecule has 1 N–H and O–H groups in total. The molecule has 0 unspecified atom stereocenters. The minimum atomic E-state index is -3.70. The van der Waals surface area contributed by atoms with Gasteiger partial charge in [-0.05, 0) is 42.7 Å². The third-order valence-corrected chi connectivity index (χ3v) is 8.51. The van der Waals surface area contributed by atoms with Crippen molar-refractivity contribution in [3.05, 3.63) is 29.8 Å². The quantitative estimate of drug-likeness (QED) is 0.786. The van der Waals surface area contributed by atoms with Gasteiger partial charge in [0.25, 0.3) is 15.9 Å². The lowest BCUT2D eigenvalue weighted by Gasteiger charge is -2.34. The van der Waals surface area contributed by atoms with Crippen molar-refractivity contribution in [1.29, 1.82) is 0 Å². The van der Waals surface area contributed by atoms with Crippen molar-refractivity contribution in [2.24, 2.45) is 26.2 Å². The molecule has 2 aliphatic carbocycles. The van der Waals surface area contributed by atoms with Gasteiger partial charge in [-0.1, -0.05) is 32.9 Å². The number of sulfonamides is 1. The van der Waals surface area contributed by atoms with Crippen LogP contribution < -0.4 is 5.43 Å². The molecule has 0 aromatic heterocycles. The maximum absolute atomic E-state index is 12.4. The Labute approximate surface area is 166 Å². The Kier molecular flexibility index (Phi) is 4.19. The monoisotopic (exact) mass is 402 g/mol. The average molecular weight is 403 g/mol. The number of amides is 1. The van der Waals surface area contributed by atoms with Crippen molar-refractivity contribution in [3.8, 4) is 0 Å². The van der Waals surface area contributed by atoms with E-state index in [1.807, 2.05) is 0 Å². The average Bonchev–Trinajstić information content (AvgIpc) is 3.11. The van der Waals surface area contributed by atoms with E-state index < -0.39 is 10.0 Å². The van der Waals surface area contributed by atoms with Gasteiger partial charge < -0.3 is 4.90 Å². The Morgan fingerprint density at radius 3 is 2.68 bits per heavy atom. The molecule has 1 heterocycles. The molecule has 7 nitrogen and oxygen atoms in total. The van der Waals surface area contributed by atoms with E-state index in [1.165, 1.54) is 12.5 Å². The fourth-order valence-corrected chi connectivity index (χ4v) is 6.17. The lowest BCUT2D eigenvalue weighted by atomic mass is 9.70. The van der Waals surface area contributed by atoms with Crippen molar-refractivity contribution in [2.75, 3.05) is 13.6 Å². The highest BCUT2D eigenvalue weighted by Gasteiger charge is 2.60. The molecular formula is C20H26N4O3S. The highest BCUT2D eigenvalue weighted by Crippen LogP contribution is 2.63. The van der Waals surface area contributed by atoms with Crippen molar-refractivity contribution >= 4 is 27.5 Å². The molecule has 2 fully saturated rings. The fourth-order valence-electron chi connectivity index (χ4n) is 4.92. The second-order valence-electron chi connectivity index (χ2n) is 8.83. The Morgan fingerprint density at radius 1 is 1.32 bits per heavy atom. The van der Waals surface area contributed by atoms with Crippen LogP contribution >= 0.6 is 0 Å². The van der Waals surface area contributed by atoms with E-state index in [4.69, 9.17) is 0 Å². The van der Waals surface area contributed by atoms with Gasteiger partial charge in [-0.2, -0.15) is 13.5 Å². The number of hydrazone groups is 1. The largest absolute Gasteiger partial charge is 0.349 e. The van der Waals surface area contributed by atoms with E-state index in [0.29, 0.717) is 11.5 Å². The summed E-state index contributed by atoms with van der Waals surface area (Å²) in [6.07, 6.45) is 3.25. The smallest absolute Gasteiger partial charge is 0.285 e. The van der Waals surface area contributed by atoms with E-state index in [-0.39, 0.29) is 34.0 Å². The van der Waals surface area contributed by atoms with Crippen LogP contribution in [0.5, 0.6) is 0 Å². The number of hydrogen-bond acceptors (Lipinski definition) is 5. The van der Waals surface area contributed by atoms with Crippen molar-refractivity contribution in [2.45, 2.75) is 44.9 Å². The molecule has 1 aromatic carbocycles. The minimum absolute atomic E-state index is 0.0248. The molecule has 2 saturated carbocycles. The van der Waals surface area contributed by atoms with Crippen LogP contribution in [0, 0.1) is 16.7 Å². The van der Waals surface area contributed by atoms with E-state index in [2.05, 4.69) is 35.7 Å². The molecule has 4 rings (SSSR count). The molecule has 150 valence electrons. The van der Waals surface area contributed by atoms with Crippen LogP contribution in [0.2, 0.25) is 0 Å². The molecule has 2 bridgehead atoms. The number of nitrogens with one attached hydrogen (secondary N) is 1. The molecule has 2 atom stereocenters. The highest BCUT2D eigenvalue weighted by molar-refractivity contribution is 7.90. The van der Waals surface area contributed by atoms with Gasteiger partial charge in [0.2, 0.25) is 0 Å². The number of amidine groups is 1.